The van der Waals surface area contributed by atoms with Crippen LogP contribution in [0.15, 0.2) is 42.5 Å². The first-order chi connectivity index (χ1) is 11.9. The van der Waals surface area contributed by atoms with Gasteiger partial charge in [-0.1, -0.05) is 35.9 Å². The van der Waals surface area contributed by atoms with Crippen molar-refractivity contribution in [3.8, 4) is 0 Å². The number of hydrogen-bond acceptors (Lipinski definition) is 2. The predicted octanol–water partition coefficient (Wildman–Crippen LogP) is 4.16. The number of carbonyl (C=O) groups is 2. The van der Waals surface area contributed by atoms with Gasteiger partial charge in [-0.05, 0) is 30.7 Å². The zero-order valence-corrected chi connectivity index (χ0v) is 14.9. The van der Waals surface area contributed by atoms with E-state index in [-0.39, 0.29) is 37.1 Å². The quantitative estimate of drug-likeness (QED) is 0.838. The van der Waals surface area contributed by atoms with Crippen molar-refractivity contribution in [3.63, 3.8) is 0 Å². The molecule has 2 amide bonds. The molecule has 2 aromatic rings. The fraction of sp³-hybridized carbons (Fsp3) is 0.263. The smallest absolute Gasteiger partial charge is 0.226 e. The highest BCUT2D eigenvalue weighted by atomic mass is 35.5. The van der Waals surface area contributed by atoms with Gasteiger partial charge in [-0.3, -0.25) is 9.59 Å². The number of halogens is 2. The molecule has 0 saturated heterocycles. The van der Waals surface area contributed by atoms with Gasteiger partial charge in [0.1, 0.15) is 5.82 Å². The summed E-state index contributed by atoms with van der Waals surface area (Å²) >= 11 is 6.03. The summed E-state index contributed by atoms with van der Waals surface area (Å²) in [6.07, 6.45) is 0.111. The molecule has 0 spiro atoms. The van der Waals surface area contributed by atoms with Gasteiger partial charge in [0.25, 0.3) is 0 Å². The Morgan fingerprint density at radius 3 is 2.56 bits per heavy atom. The molecule has 0 bridgehead atoms. The van der Waals surface area contributed by atoms with E-state index in [4.69, 9.17) is 11.6 Å². The van der Waals surface area contributed by atoms with E-state index < -0.39 is 0 Å². The van der Waals surface area contributed by atoms with Gasteiger partial charge in [-0.25, -0.2) is 4.39 Å². The zero-order valence-electron chi connectivity index (χ0n) is 14.2. The van der Waals surface area contributed by atoms with Crippen LogP contribution in [0.3, 0.4) is 0 Å². The number of nitrogens with one attached hydrogen (secondary N) is 1. The Balaban J connectivity index is 1.96. The molecule has 4 nitrogen and oxygen atoms in total. The number of hydrogen-bond donors (Lipinski definition) is 1. The van der Waals surface area contributed by atoms with Gasteiger partial charge in [0.05, 0.1) is 0 Å². The first-order valence-electron chi connectivity index (χ1n) is 7.92. The van der Waals surface area contributed by atoms with Crippen molar-refractivity contribution in [1.29, 1.82) is 0 Å². The van der Waals surface area contributed by atoms with Crippen LogP contribution >= 0.6 is 11.6 Å². The van der Waals surface area contributed by atoms with Crippen LogP contribution in [-0.4, -0.2) is 23.3 Å². The van der Waals surface area contributed by atoms with Crippen molar-refractivity contribution in [2.45, 2.75) is 26.8 Å². The Bertz CT molecular complexity index is 780. The van der Waals surface area contributed by atoms with Gasteiger partial charge in [0, 0.05) is 42.7 Å². The number of amides is 2. The highest BCUT2D eigenvalue weighted by molar-refractivity contribution is 6.31. The minimum absolute atomic E-state index is 0.111. The first-order valence-corrected chi connectivity index (χ1v) is 8.30. The molecule has 0 aliphatic heterocycles. The lowest BCUT2D eigenvalue weighted by Gasteiger charge is -2.21. The van der Waals surface area contributed by atoms with Crippen molar-refractivity contribution in [3.05, 3.63) is 64.4 Å². The van der Waals surface area contributed by atoms with Crippen LogP contribution < -0.4 is 5.32 Å². The molecule has 132 valence electrons. The van der Waals surface area contributed by atoms with Crippen LogP contribution in [-0.2, 0) is 16.1 Å². The van der Waals surface area contributed by atoms with Crippen LogP contribution in [0.1, 0.15) is 24.5 Å². The highest BCUT2D eigenvalue weighted by Gasteiger charge is 2.14. The normalized spacial score (nSPS) is 10.4. The maximum Gasteiger partial charge on any atom is 0.226 e. The molecule has 0 aliphatic rings. The minimum Gasteiger partial charge on any atom is -0.338 e. The third kappa shape index (κ3) is 5.29. The molecule has 0 fully saturated rings. The summed E-state index contributed by atoms with van der Waals surface area (Å²) in [6, 6.07) is 11.6. The summed E-state index contributed by atoms with van der Waals surface area (Å²) in [5, 5.41) is 3.36. The minimum atomic E-state index is -0.368. The fourth-order valence-corrected chi connectivity index (χ4v) is 2.55. The standard InChI is InChI=1S/C19H20ClFN2O2/c1-13-16(20)7-5-9-18(13)22-19(25)10-11-23(14(2)24)12-15-6-3-4-8-17(15)21/h3-9H,10-12H2,1-2H3,(H,22,25). The first kappa shape index (κ1) is 18.9. The number of benzene rings is 2. The SMILES string of the molecule is CC(=O)N(CCC(=O)Nc1cccc(Cl)c1C)Cc1ccccc1F. The predicted molar refractivity (Wildman–Crippen MR) is 96.9 cm³/mol. The number of carbonyl (C=O) groups excluding carboxylic acids is 2. The van der Waals surface area contributed by atoms with E-state index in [9.17, 15) is 14.0 Å². The fourth-order valence-electron chi connectivity index (χ4n) is 2.37. The second-order valence-electron chi connectivity index (χ2n) is 5.74. The highest BCUT2D eigenvalue weighted by Crippen LogP contribution is 2.23. The van der Waals surface area contributed by atoms with Crippen LogP contribution in [0.2, 0.25) is 5.02 Å². The van der Waals surface area contributed by atoms with E-state index in [0.29, 0.717) is 16.3 Å². The van der Waals surface area contributed by atoms with Gasteiger partial charge in [0.15, 0.2) is 0 Å². The van der Waals surface area contributed by atoms with Crippen LogP contribution in [0.4, 0.5) is 10.1 Å². The summed E-state index contributed by atoms with van der Waals surface area (Å²) in [5.41, 5.74) is 1.84. The average Bonchev–Trinajstić information content (AvgIpc) is 2.57. The van der Waals surface area contributed by atoms with Crippen LogP contribution in [0, 0.1) is 12.7 Å². The molecule has 25 heavy (non-hydrogen) atoms. The molecule has 1 N–H and O–H groups in total. The van der Waals surface area contributed by atoms with Crippen LogP contribution in [0.25, 0.3) is 0 Å². The van der Waals surface area contributed by atoms with Gasteiger partial charge < -0.3 is 10.2 Å². The second kappa shape index (κ2) is 8.62. The van der Waals surface area contributed by atoms with E-state index in [1.165, 1.54) is 17.9 Å². The number of rotatable bonds is 6. The Morgan fingerprint density at radius 2 is 1.88 bits per heavy atom. The van der Waals surface area contributed by atoms with E-state index in [1.807, 2.05) is 6.92 Å². The van der Waals surface area contributed by atoms with Gasteiger partial charge >= 0.3 is 0 Å². The van der Waals surface area contributed by atoms with Crippen molar-refractivity contribution < 1.29 is 14.0 Å². The van der Waals surface area contributed by atoms with E-state index in [0.717, 1.165) is 5.56 Å². The summed E-state index contributed by atoms with van der Waals surface area (Å²) in [6.45, 7) is 3.55. The Kier molecular flexibility index (Phi) is 6.53. The lowest BCUT2D eigenvalue weighted by molar-refractivity contribution is -0.130. The molecule has 6 heteroatoms. The molecule has 0 atom stereocenters. The summed E-state index contributed by atoms with van der Waals surface area (Å²) in [5.74, 6) is -0.812. The second-order valence-corrected chi connectivity index (χ2v) is 6.15. The van der Waals surface area contributed by atoms with Crippen molar-refractivity contribution in [2.24, 2.45) is 0 Å². The molecule has 0 aromatic heterocycles. The monoisotopic (exact) mass is 362 g/mol. The van der Waals surface area contributed by atoms with Crippen LogP contribution in [0.5, 0.6) is 0 Å². The summed E-state index contributed by atoms with van der Waals surface area (Å²) in [4.78, 5) is 25.4. The number of anilines is 1. The topological polar surface area (TPSA) is 49.4 Å². The molecule has 0 unspecified atom stereocenters. The number of nitrogens with zero attached hydrogens (tertiary/aromatic N) is 1. The molecule has 2 aromatic carbocycles. The van der Waals surface area contributed by atoms with E-state index in [1.54, 1.807) is 36.4 Å². The van der Waals surface area contributed by atoms with Gasteiger partial charge in [-0.15, -0.1) is 0 Å². The molecule has 0 heterocycles. The maximum atomic E-state index is 13.8. The molecular weight excluding hydrogens is 343 g/mol. The largest absolute Gasteiger partial charge is 0.338 e. The third-order valence-corrected chi connectivity index (χ3v) is 4.32. The Hall–Kier alpha value is -2.40. The average molecular weight is 363 g/mol. The zero-order chi connectivity index (χ0) is 18.4. The molecule has 0 radical (unpaired) electrons. The summed E-state index contributed by atoms with van der Waals surface area (Å²) < 4.78 is 13.8. The van der Waals surface area contributed by atoms with E-state index in [2.05, 4.69) is 5.32 Å². The Labute approximate surface area is 151 Å². The maximum absolute atomic E-state index is 13.8. The van der Waals surface area contributed by atoms with Gasteiger partial charge in [0.2, 0.25) is 11.8 Å². The van der Waals surface area contributed by atoms with Crippen molar-refractivity contribution in [1.82, 2.24) is 4.90 Å². The molecular formula is C19H20ClFN2O2. The lowest BCUT2D eigenvalue weighted by Crippen LogP contribution is -2.32. The Morgan fingerprint density at radius 1 is 1.16 bits per heavy atom. The van der Waals surface area contributed by atoms with E-state index >= 15 is 0 Å². The molecule has 0 aliphatic carbocycles. The third-order valence-electron chi connectivity index (χ3n) is 3.91. The molecule has 0 saturated carbocycles. The van der Waals surface area contributed by atoms with Crippen molar-refractivity contribution >= 4 is 29.1 Å². The summed E-state index contributed by atoms with van der Waals surface area (Å²) in [7, 11) is 0. The molecule has 2 rings (SSSR count). The lowest BCUT2D eigenvalue weighted by atomic mass is 10.2. The van der Waals surface area contributed by atoms with Crippen molar-refractivity contribution in [2.75, 3.05) is 11.9 Å². The van der Waals surface area contributed by atoms with Gasteiger partial charge in [-0.2, -0.15) is 0 Å².